The van der Waals surface area contributed by atoms with Crippen LogP contribution < -0.4 is 11.1 Å². The molecule has 3 N–H and O–H groups in total. The summed E-state index contributed by atoms with van der Waals surface area (Å²) in [6.07, 6.45) is 0. The molecule has 3 rings (SSSR count). The number of benzene rings is 2. The Balaban J connectivity index is 0.00000208. The van der Waals surface area contributed by atoms with Crippen LogP contribution in [0.15, 0.2) is 64.1 Å². The number of nitrogens with zero attached hydrogens (tertiary/aromatic N) is 3. The number of rotatable bonds is 4. The zero-order valence-electron chi connectivity index (χ0n) is 12.5. The predicted molar refractivity (Wildman–Crippen MR) is 106 cm³/mol. The number of nitrogens with two attached hydrogens (primary N) is 1. The molecule has 0 aliphatic rings. The van der Waals surface area contributed by atoms with E-state index in [1.165, 1.54) is 0 Å². The molecular weight excluding hydrogens is 441 g/mol. The molecule has 2 aromatic carbocycles. The molecule has 0 fully saturated rings. The number of hydrogen-bond donors (Lipinski definition) is 2. The molecule has 0 aliphatic carbocycles. The molecule has 0 saturated heterocycles. The van der Waals surface area contributed by atoms with Crippen LogP contribution in [0.3, 0.4) is 0 Å². The average molecular weight is 456 g/mol. The van der Waals surface area contributed by atoms with Crippen LogP contribution in [0.1, 0.15) is 5.89 Å². The van der Waals surface area contributed by atoms with Crippen molar-refractivity contribution in [3.05, 3.63) is 65.5 Å². The van der Waals surface area contributed by atoms with E-state index in [1.54, 1.807) is 12.1 Å². The number of aromatic nitrogens is 2. The Bertz CT molecular complexity index is 805. The van der Waals surface area contributed by atoms with Gasteiger partial charge in [-0.15, -0.1) is 24.0 Å². The first-order valence-corrected chi connectivity index (χ1v) is 7.29. The van der Waals surface area contributed by atoms with Crippen LogP contribution in [-0.4, -0.2) is 16.1 Å². The van der Waals surface area contributed by atoms with Gasteiger partial charge in [0, 0.05) is 16.3 Å². The largest absolute Gasteiger partial charge is 0.370 e. The monoisotopic (exact) mass is 455 g/mol. The Labute approximate surface area is 161 Å². The number of halogens is 2. The van der Waals surface area contributed by atoms with E-state index in [1.807, 2.05) is 42.5 Å². The Morgan fingerprint density at radius 2 is 1.83 bits per heavy atom. The van der Waals surface area contributed by atoms with Crippen molar-refractivity contribution in [2.45, 2.75) is 6.54 Å². The number of aliphatic imine (C=N–C) groups is 1. The Morgan fingerprint density at radius 3 is 2.54 bits per heavy atom. The summed E-state index contributed by atoms with van der Waals surface area (Å²) in [6.45, 7) is 0.201. The lowest BCUT2D eigenvalue weighted by atomic mass is 10.2. The summed E-state index contributed by atoms with van der Waals surface area (Å²) in [6, 6.07) is 16.7. The van der Waals surface area contributed by atoms with E-state index in [9.17, 15) is 0 Å². The van der Waals surface area contributed by atoms with Gasteiger partial charge in [-0.05, 0) is 36.4 Å². The molecule has 6 nitrogen and oxygen atoms in total. The van der Waals surface area contributed by atoms with Gasteiger partial charge in [0.25, 0.3) is 0 Å². The molecule has 3 aromatic rings. The van der Waals surface area contributed by atoms with Gasteiger partial charge in [-0.2, -0.15) is 4.98 Å². The minimum Gasteiger partial charge on any atom is -0.370 e. The van der Waals surface area contributed by atoms with Gasteiger partial charge < -0.3 is 15.6 Å². The summed E-state index contributed by atoms with van der Waals surface area (Å²) in [7, 11) is 0. The van der Waals surface area contributed by atoms with Crippen LogP contribution >= 0.6 is 35.6 Å². The topological polar surface area (TPSA) is 89.3 Å². The Kier molecular flexibility index (Phi) is 6.56. The average Bonchev–Trinajstić information content (AvgIpc) is 3.04. The van der Waals surface area contributed by atoms with Gasteiger partial charge in [0.2, 0.25) is 11.7 Å². The molecule has 24 heavy (non-hydrogen) atoms. The lowest BCUT2D eigenvalue weighted by molar-refractivity contribution is 0.381. The van der Waals surface area contributed by atoms with Crippen molar-refractivity contribution in [3.63, 3.8) is 0 Å². The van der Waals surface area contributed by atoms with Crippen molar-refractivity contribution in [2.75, 3.05) is 5.32 Å². The maximum Gasteiger partial charge on any atom is 0.248 e. The van der Waals surface area contributed by atoms with Gasteiger partial charge in [0.1, 0.15) is 6.54 Å². The van der Waals surface area contributed by atoms with Gasteiger partial charge in [-0.3, -0.25) is 0 Å². The third-order valence-electron chi connectivity index (χ3n) is 3.00. The normalized spacial score (nSPS) is 11.0. The first-order valence-electron chi connectivity index (χ1n) is 6.91. The fourth-order valence-electron chi connectivity index (χ4n) is 1.90. The van der Waals surface area contributed by atoms with Crippen molar-refractivity contribution in [1.82, 2.24) is 10.1 Å². The van der Waals surface area contributed by atoms with Crippen LogP contribution in [0.2, 0.25) is 5.02 Å². The van der Waals surface area contributed by atoms with Gasteiger partial charge >= 0.3 is 0 Å². The highest BCUT2D eigenvalue weighted by atomic mass is 127. The molecule has 0 spiro atoms. The van der Waals surface area contributed by atoms with Gasteiger partial charge in [-0.25, -0.2) is 4.99 Å². The molecule has 8 heteroatoms. The minimum atomic E-state index is 0. The lowest BCUT2D eigenvalue weighted by Gasteiger charge is -2.03. The van der Waals surface area contributed by atoms with Crippen LogP contribution in [0.4, 0.5) is 5.69 Å². The SMILES string of the molecule is I.NC(=NCc1nc(-c2ccc(Cl)cc2)no1)Nc1ccccc1. The van der Waals surface area contributed by atoms with E-state index in [0.717, 1.165) is 11.3 Å². The molecule has 1 heterocycles. The smallest absolute Gasteiger partial charge is 0.248 e. The first-order chi connectivity index (χ1) is 11.2. The summed E-state index contributed by atoms with van der Waals surface area (Å²) < 4.78 is 5.17. The highest BCUT2D eigenvalue weighted by Crippen LogP contribution is 2.18. The summed E-state index contributed by atoms with van der Waals surface area (Å²) in [5, 5.41) is 7.55. The molecule has 0 atom stereocenters. The fraction of sp³-hybridized carbons (Fsp3) is 0.0625. The van der Waals surface area contributed by atoms with Crippen LogP contribution in [-0.2, 0) is 6.54 Å². The highest BCUT2D eigenvalue weighted by molar-refractivity contribution is 14.0. The second kappa shape index (κ2) is 8.65. The van der Waals surface area contributed by atoms with Crippen molar-refractivity contribution in [1.29, 1.82) is 0 Å². The van der Waals surface area contributed by atoms with Crippen LogP contribution in [0.5, 0.6) is 0 Å². The van der Waals surface area contributed by atoms with Gasteiger partial charge in [-0.1, -0.05) is 35.0 Å². The van der Waals surface area contributed by atoms with Crippen LogP contribution in [0.25, 0.3) is 11.4 Å². The standard InChI is InChI=1S/C16H14ClN5O.HI/c17-12-8-6-11(7-9-12)15-21-14(23-22-15)10-19-16(18)20-13-4-2-1-3-5-13;/h1-9H,10H2,(H3,18,19,20);1H. The zero-order chi connectivity index (χ0) is 16.1. The second-order valence-electron chi connectivity index (χ2n) is 4.71. The minimum absolute atomic E-state index is 0. The third-order valence-corrected chi connectivity index (χ3v) is 3.25. The number of para-hydroxylation sites is 1. The van der Waals surface area contributed by atoms with E-state index in [2.05, 4.69) is 20.4 Å². The molecular formula is C16H15ClIN5O. The maximum atomic E-state index is 5.85. The molecule has 0 amide bonds. The molecule has 0 unspecified atom stereocenters. The third kappa shape index (κ3) is 4.93. The molecule has 0 bridgehead atoms. The molecule has 0 aliphatic heterocycles. The van der Waals surface area contributed by atoms with E-state index in [4.69, 9.17) is 21.9 Å². The van der Waals surface area contributed by atoms with Crippen LogP contribution in [0, 0.1) is 0 Å². The van der Waals surface area contributed by atoms with Crippen molar-refractivity contribution < 1.29 is 4.52 Å². The molecule has 1 aromatic heterocycles. The van der Waals surface area contributed by atoms with E-state index in [0.29, 0.717) is 16.7 Å². The number of nitrogens with one attached hydrogen (secondary N) is 1. The van der Waals surface area contributed by atoms with Crippen molar-refractivity contribution in [3.8, 4) is 11.4 Å². The Hall–Kier alpha value is -2.13. The molecule has 0 saturated carbocycles. The highest BCUT2D eigenvalue weighted by Gasteiger charge is 2.08. The van der Waals surface area contributed by atoms with Gasteiger partial charge in [0.15, 0.2) is 5.96 Å². The Morgan fingerprint density at radius 1 is 1.12 bits per heavy atom. The second-order valence-corrected chi connectivity index (χ2v) is 5.15. The first kappa shape index (κ1) is 18.2. The number of anilines is 1. The van der Waals surface area contributed by atoms with E-state index >= 15 is 0 Å². The van der Waals surface area contributed by atoms with E-state index < -0.39 is 0 Å². The number of hydrogen-bond acceptors (Lipinski definition) is 4. The quantitative estimate of drug-likeness (QED) is 0.353. The summed E-state index contributed by atoms with van der Waals surface area (Å²) in [5.41, 5.74) is 7.51. The molecule has 0 radical (unpaired) electrons. The zero-order valence-corrected chi connectivity index (χ0v) is 15.6. The van der Waals surface area contributed by atoms with Crippen molar-refractivity contribution >= 4 is 47.2 Å². The summed E-state index contributed by atoms with van der Waals surface area (Å²) >= 11 is 5.85. The molecule has 124 valence electrons. The summed E-state index contributed by atoms with van der Waals surface area (Å²) in [4.78, 5) is 8.45. The van der Waals surface area contributed by atoms with E-state index in [-0.39, 0.29) is 36.5 Å². The fourth-order valence-corrected chi connectivity index (χ4v) is 2.02. The lowest BCUT2D eigenvalue weighted by Crippen LogP contribution is -2.22. The number of guanidine groups is 1. The van der Waals surface area contributed by atoms with Gasteiger partial charge in [0.05, 0.1) is 0 Å². The summed E-state index contributed by atoms with van der Waals surface area (Å²) in [5.74, 6) is 1.15. The van der Waals surface area contributed by atoms with Crippen molar-refractivity contribution in [2.24, 2.45) is 10.7 Å². The maximum absolute atomic E-state index is 5.85. The predicted octanol–water partition coefficient (Wildman–Crippen LogP) is 3.93.